The number of fused-ring (bicyclic) bond motifs is 1. The summed E-state index contributed by atoms with van der Waals surface area (Å²) < 4.78 is 0. The minimum absolute atomic E-state index is 0.773. The van der Waals surface area contributed by atoms with Gasteiger partial charge in [0.1, 0.15) is 0 Å². The van der Waals surface area contributed by atoms with Crippen molar-refractivity contribution in [2.24, 2.45) is 5.10 Å². The SMILES string of the molecule is C(=NNc1nc(-c2ccccc2)cs1)c1cccc(-c2cccc3ccccc23)c1. The van der Waals surface area contributed by atoms with E-state index >= 15 is 0 Å². The molecule has 0 aliphatic rings. The molecule has 1 aromatic heterocycles. The van der Waals surface area contributed by atoms with E-state index in [4.69, 9.17) is 0 Å². The van der Waals surface area contributed by atoms with Crippen molar-refractivity contribution in [2.45, 2.75) is 0 Å². The van der Waals surface area contributed by atoms with Crippen LogP contribution in [0.2, 0.25) is 0 Å². The number of hydrogen-bond donors (Lipinski definition) is 1. The number of hydrogen-bond acceptors (Lipinski definition) is 4. The third-order valence-electron chi connectivity index (χ3n) is 4.93. The number of nitrogens with zero attached hydrogens (tertiary/aromatic N) is 2. The van der Waals surface area contributed by atoms with Gasteiger partial charge in [-0.05, 0) is 33.5 Å². The van der Waals surface area contributed by atoms with Gasteiger partial charge in [-0.15, -0.1) is 11.3 Å². The average molecular weight is 406 g/mol. The maximum Gasteiger partial charge on any atom is 0.203 e. The Hall–Kier alpha value is -3.76. The van der Waals surface area contributed by atoms with Crippen molar-refractivity contribution in [3.05, 3.63) is 108 Å². The second-order valence-electron chi connectivity index (χ2n) is 6.93. The zero-order valence-electron chi connectivity index (χ0n) is 16.2. The van der Waals surface area contributed by atoms with Crippen LogP contribution in [0.15, 0.2) is 108 Å². The van der Waals surface area contributed by atoms with Crippen LogP contribution in [0, 0.1) is 0 Å². The maximum absolute atomic E-state index is 4.60. The molecule has 0 spiro atoms. The molecule has 0 saturated carbocycles. The van der Waals surface area contributed by atoms with Gasteiger partial charge in [0.25, 0.3) is 0 Å². The normalized spacial score (nSPS) is 11.2. The first-order chi connectivity index (χ1) is 14.9. The summed E-state index contributed by atoms with van der Waals surface area (Å²) in [4.78, 5) is 4.60. The Balaban J connectivity index is 1.35. The molecule has 5 aromatic rings. The van der Waals surface area contributed by atoms with Crippen LogP contribution in [0.5, 0.6) is 0 Å². The summed E-state index contributed by atoms with van der Waals surface area (Å²) >= 11 is 1.54. The first-order valence-corrected chi connectivity index (χ1v) is 10.6. The fourth-order valence-electron chi connectivity index (χ4n) is 3.49. The molecule has 0 aliphatic heterocycles. The van der Waals surface area contributed by atoms with Gasteiger partial charge >= 0.3 is 0 Å². The van der Waals surface area contributed by atoms with E-state index in [2.05, 4.69) is 94.4 Å². The number of aromatic nitrogens is 1. The maximum atomic E-state index is 4.60. The van der Waals surface area contributed by atoms with Gasteiger partial charge in [0, 0.05) is 10.9 Å². The molecule has 5 rings (SSSR count). The lowest BCUT2D eigenvalue weighted by molar-refractivity contribution is 1.29. The first kappa shape index (κ1) is 18.3. The molecular formula is C26H19N3S. The zero-order chi connectivity index (χ0) is 20.2. The zero-order valence-corrected chi connectivity index (χ0v) is 17.0. The molecule has 0 saturated heterocycles. The van der Waals surface area contributed by atoms with Gasteiger partial charge in [-0.2, -0.15) is 5.10 Å². The lowest BCUT2D eigenvalue weighted by atomic mass is 9.97. The molecule has 0 unspecified atom stereocenters. The van der Waals surface area contributed by atoms with Gasteiger partial charge in [-0.25, -0.2) is 4.98 Å². The molecule has 4 aromatic carbocycles. The van der Waals surface area contributed by atoms with Crippen molar-refractivity contribution in [2.75, 3.05) is 5.43 Å². The smallest absolute Gasteiger partial charge is 0.203 e. The van der Waals surface area contributed by atoms with Crippen LogP contribution in [-0.4, -0.2) is 11.2 Å². The van der Waals surface area contributed by atoms with Crippen LogP contribution in [0.3, 0.4) is 0 Å². The highest BCUT2D eigenvalue weighted by molar-refractivity contribution is 7.14. The molecule has 144 valence electrons. The Bertz CT molecular complexity index is 1320. The third-order valence-corrected chi connectivity index (χ3v) is 5.68. The third kappa shape index (κ3) is 3.86. The standard InChI is InChI=1S/C26H19N3S/c1-2-10-21(11-3-1)25-18-30-26(28-25)29-27-17-19-8-6-13-22(16-19)24-15-7-12-20-9-4-5-14-23(20)24/h1-18H,(H,28,29). The van der Waals surface area contributed by atoms with E-state index < -0.39 is 0 Å². The number of nitrogens with one attached hydrogen (secondary N) is 1. The van der Waals surface area contributed by atoms with Gasteiger partial charge in [0.05, 0.1) is 11.9 Å². The van der Waals surface area contributed by atoms with Crippen LogP contribution >= 0.6 is 11.3 Å². The predicted molar refractivity (Wildman–Crippen MR) is 128 cm³/mol. The molecule has 30 heavy (non-hydrogen) atoms. The lowest BCUT2D eigenvalue weighted by Gasteiger charge is -2.07. The molecule has 3 nitrogen and oxygen atoms in total. The van der Waals surface area contributed by atoms with E-state index in [0.717, 1.165) is 22.0 Å². The van der Waals surface area contributed by atoms with E-state index in [1.165, 1.54) is 21.9 Å². The summed E-state index contributed by atoms with van der Waals surface area (Å²) in [6.45, 7) is 0. The van der Waals surface area contributed by atoms with Crippen molar-refractivity contribution < 1.29 is 0 Å². The molecule has 1 N–H and O–H groups in total. The van der Waals surface area contributed by atoms with Gasteiger partial charge in [-0.1, -0.05) is 91.0 Å². The van der Waals surface area contributed by atoms with E-state index in [0.29, 0.717) is 0 Å². The monoisotopic (exact) mass is 405 g/mol. The van der Waals surface area contributed by atoms with Gasteiger partial charge < -0.3 is 0 Å². The Morgan fingerprint density at radius 3 is 2.47 bits per heavy atom. The van der Waals surface area contributed by atoms with Crippen LogP contribution in [0.4, 0.5) is 5.13 Å². The fourth-order valence-corrected chi connectivity index (χ4v) is 4.16. The van der Waals surface area contributed by atoms with Crippen molar-refractivity contribution in [1.29, 1.82) is 0 Å². The lowest BCUT2D eigenvalue weighted by Crippen LogP contribution is -1.91. The molecular weight excluding hydrogens is 386 g/mol. The van der Waals surface area contributed by atoms with E-state index in [9.17, 15) is 0 Å². The molecule has 0 atom stereocenters. The van der Waals surface area contributed by atoms with E-state index in [-0.39, 0.29) is 0 Å². The Morgan fingerprint density at radius 2 is 1.53 bits per heavy atom. The highest BCUT2D eigenvalue weighted by Gasteiger charge is 2.05. The van der Waals surface area contributed by atoms with Crippen LogP contribution < -0.4 is 5.43 Å². The summed E-state index contributed by atoms with van der Waals surface area (Å²) in [5.74, 6) is 0. The van der Waals surface area contributed by atoms with Crippen LogP contribution in [0.1, 0.15) is 5.56 Å². The van der Waals surface area contributed by atoms with Gasteiger partial charge in [0.15, 0.2) is 0 Å². The molecule has 4 heteroatoms. The van der Waals surface area contributed by atoms with Crippen LogP contribution in [0.25, 0.3) is 33.2 Å². The number of hydrazone groups is 1. The molecule has 0 bridgehead atoms. The highest BCUT2D eigenvalue weighted by Crippen LogP contribution is 2.29. The quantitative estimate of drug-likeness (QED) is 0.251. The van der Waals surface area contributed by atoms with Gasteiger partial charge in [0.2, 0.25) is 5.13 Å². The second kappa shape index (κ2) is 8.31. The summed E-state index contributed by atoms with van der Waals surface area (Å²) in [7, 11) is 0. The van der Waals surface area contributed by atoms with Crippen molar-refractivity contribution in [3.8, 4) is 22.4 Å². The predicted octanol–water partition coefficient (Wildman–Crippen LogP) is 7.08. The number of rotatable bonds is 5. The summed E-state index contributed by atoms with van der Waals surface area (Å²) in [5, 5.41) is 9.70. The molecule has 0 amide bonds. The van der Waals surface area contributed by atoms with E-state index in [1.807, 2.05) is 29.8 Å². The number of thiazole rings is 1. The topological polar surface area (TPSA) is 37.3 Å². The molecule has 1 heterocycles. The van der Waals surface area contributed by atoms with E-state index in [1.54, 1.807) is 11.3 Å². The Kier molecular flexibility index (Phi) is 5.06. The minimum atomic E-state index is 0.773. The molecule has 0 radical (unpaired) electrons. The Labute approximate surface area is 179 Å². The summed E-state index contributed by atoms with van der Waals surface area (Å²) in [6, 6.07) is 33.4. The fraction of sp³-hybridized carbons (Fsp3) is 0. The van der Waals surface area contributed by atoms with Gasteiger partial charge in [-0.3, -0.25) is 5.43 Å². The minimum Gasteiger partial charge on any atom is -0.253 e. The second-order valence-corrected chi connectivity index (χ2v) is 7.78. The molecule has 0 fully saturated rings. The van der Waals surface area contributed by atoms with Crippen LogP contribution in [-0.2, 0) is 0 Å². The summed E-state index contributed by atoms with van der Waals surface area (Å²) in [5.41, 5.74) is 8.55. The van der Waals surface area contributed by atoms with Crippen molar-refractivity contribution in [3.63, 3.8) is 0 Å². The number of benzene rings is 4. The first-order valence-electron chi connectivity index (χ1n) is 9.75. The average Bonchev–Trinajstić information content (AvgIpc) is 3.28. The largest absolute Gasteiger partial charge is 0.253 e. The van der Waals surface area contributed by atoms with Crippen molar-refractivity contribution >= 4 is 33.5 Å². The highest BCUT2D eigenvalue weighted by atomic mass is 32.1. The Morgan fingerprint density at radius 1 is 0.767 bits per heavy atom. The van der Waals surface area contributed by atoms with Crippen molar-refractivity contribution in [1.82, 2.24) is 4.98 Å². The number of anilines is 1. The molecule has 0 aliphatic carbocycles. The summed E-state index contributed by atoms with van der Waals surface area (Å²) in [6.07, 6.45) is 1.83.